The number of benzene rings is 3. The summed E-state index contributed by atoms with van der Waals surface area (Å²) < 4.78 is 11.2. The molecule has 234 valence electrons. The molecule has 4 rings (SSSR count). The maximum absolute atomic E-state index is 12.9. The lowest BCUT2D eigenvalue weighted by Crippen LogP contribution is -2.37. The second kappa shape index (κ2) is 16.0. The summed E-state index contributed by atoms with van der Waals surface area (Å²) in [6, 6.07) is 15.5. The van der Waals surface area contributed by atoms with Crippen molar-refractivity contribution in [1.82, 2.24) is 20.6 Å². The van der Waals surface area contributed by atoms with Gasteiger partial charge in [0.1, 0.15) is 17.9 Å². The van der Waals surface area contributed by atoms with Crippen LogP contribution < -0.4 is 20.3 Å². The lowest BCUT2D eigenvalue weighted by molar-refractivity contribution is -0.122. The van der Waals surface area contributed by atoms with Crippen LogP contribution in [0.15, 0.2) is 66.9 Å². The predicted molar refractivity (Wildman–Crippen MR) is 176 cm³/mol. The van der Waals surface area contributed by atoms with E-state index in [2.05, 4.69) is 20.6 Å². The van der Waals surface area contributed by atoms with Gasteiger partial charge >= 0.3 is 0 Å². The molecule has 0 bridgehead atoms. The van der Waals surface area contributed by atoms with Crippen molar-refractivity contribution in [1.29, 1.82) is 0 Å². The number of carbonyl (C=O) groups excluding carboxylic acids is 3. The molecule has 0 aliphatic heterocycles. The van der Waals surface area contributed by atoms with Crippen LogP contribution in [0.3, 0.4) is 0 Å². The van der Waals surface area contributed by atoms with Gasteiger partial charge in [-0.3, -0.25) is 19.4 Å². The maximum atomic E-state index is 12.9. The molecule has 0 unspecified atom stereocenters. The van der Waals surface area contributed by atoms with E-state index >= 15 is 0 Å². The number of amides is 3. The Hall–Kier alpha value is -4.51. The smallest absolute Gasteiger partial charge is 0.251 e. The zero-order valence-corrected chi connectivity index (χ0v) is 26.6. The minimum Gasteiger partial charge on any atom is -0.486 e. The molecule has 0 aliphatic rings. The lowest BCUT2D eigenvalue weighted by Gasteiger charge is -2.21. The zero-order chi connectivity index (χ0) is 32.3. The monoisotopic (exact) mass is 649 g/mol. The van der Waals surface area contributed by atoms with Crippen LogP contribution in [0.5, 0.6) is 5.75 Å². The molecule has 1 aromatic heterocycles. The average molecular weight is 651 g/mol. The minimum atomic E-state index is -0.459. The van der Waals surface area contributed by atoms with Gasteiger partial charge in [0.25, 0.3) is 5.91 Å². The third-order valence-corrected chi connectivity index (χ3v) is 7.46. The number of rotatable bonds is 13. The van der Waals surface area contributed by atoms with Gasteiger partial charge in [-0.1, -0.05) is 41.4 Å². The number of nitrogens with zero attached hydrogens (tertiary/aromatic N) is 3. The highest BCUT2D eigenvalue weighted by atomic mass is 35.5. The van der Waals surface area contributed by atoms with E-state index in [1.165, 1.54) is 11.0 Å². The Morgan fingerprint density at radius 3 is 2.56 bits per heavy atom. The number of ether oxygens (including phenoxy) is 2. The summed E-state index contributed by atoms with van der Waals surface area (Å²) in [7, 11) is 1.56. The fourth-order valence-corrected chi connectivity index (χ4v) is 4.82. The number of nitrogens with one attached hydrogen (secondary N) is 2. The number of anilines is 1. The second-order valence-electron chi connectivity index (χ2n) is 9.86. The molecule has 12 heteroatoms. The first-order chi connectivity index (χ1) is 21.7. The number of hydrogen-bond acceptors (Lipinski definition) is 7. The van der Waals surface area contributed by atoms with Crippen molar-refractivity contribution in [2.75, 3.05) is 38.3 Å². The Bertz CT molecular complexity index is 1710. The highest BCUT2D eigenvalue weighted by Crippen LogP contribution is 2.35. The summed E-state index contributed by atoms with van der Waals surface area (Å²) in [5, 5.41) is 5.98. The Balaban J connectivity index is 1.32. The molecule has 0 spiro atoms. The van der Waals surface area contributed by atoms with Crippen LogP contribution in [-0.2, 0) is 20.9 Å². The van der Waals surface area contributed by atoms with Crippen LogP contribution in [0.2, 0.25) is 10.0 Å². The van der Waals surface area contributed by atoms with Crippen molar-refractivity contribution in [3.8, 4) is 5.75 Å². The lowest BCUT2D eigenvalue weighted by atomic mass is 10.1. The summed E-state index contributed by atoms with van der Waals surface area (Å²) in [5.41, 5.74) is 4.18. The molecule has 10 nitrogen and oxygen atoms in total. The van der Waals surface area contributed by atoms with E-state index in [9.17, 15) is 14.4 Å². The molecule has 3 aromatic carbocycles. The van der Waals surface area contributed by atoms with Gasteiger partial charge < -0.3 is 25.0 Å². The van der Waals surface area contributed by atoms with Crippen LogP contribution in [0.4, 0.5) is 5.69 Å². The number of aryl methyl sites for hydroxylation is 1. The molecule has 4 aromatic rings. The van der Waals surface area contributed by atoms with Gasteiger partial charge in [-0.2, -0.15) is 0 Å². The van der Waals surface area contributed by atoms with E-state index in [0.717, 1.165) is 5.69 Å². The SMILES string of the molecule is CCOCCNC(=O)c1ccc(/C=C/C(=O)NCC(=O)N(C)c2ccc(Cl)c(COc3cccc4ncc(C)nc34)c2Cl)cc1. The fourth-order valence-electron chi connectivity index (χ4n) is 4.21. The first-order valence-electron chi connectivity index (χ1n) is 14.2. The first kappa shape index (κ1) is 33.4. The van der Waals surface area contributed by atoms with Crippen molar-refractivity contribution in [2.24, 2.45) is 0 Å². The first-order valence-corrected chi connectivity index (χ1v) is 14.9. The third kappa shape index (κ3) is 9.01. The third-order valence-electron chi connectivity index (χ3n) is 6.68. The second-order valence-corrected chi connectivity index (χ2v) is 10.6. The molecule has 0 radical (unpaired) electrons. The quantitative estimate of drug-likeness (QED) is 0.147. The summed E-state index contributed by atoms with van der Waals surface area (Å²) in [6.07, 6.45) is 4.59. The Morgan fingerprint density at radius 2 is 1.80 bits per heavy atom. The molecule has 3 amide bonds. The summed E-state index contributed by atoms with van der Waals surface area (Å²) >= 11 is 13.1. The zero-order valence-electron chi connectivity index (χ0n) is 25.1. The van der Waals surface area contributed by atoms with E-state index in [1.807, 2.05) is 26.0 Å². The molecular formula is C33H33Cl2N5O5. The van der Waals surface area contributed by atoms with Crippen LogP contribution in [0.25, 0.3) is 17.1 Å². The molecule has 0 saturated carbocycles. The van der Waals surface area contributed by atoms with Gasteiger partial charge in [-0.25, -0.2) is 4.98 Å². The summed E-state index contributed by atoms with van der Waals surface area (Å²) in [6.45, 7) is 4.96. The van der Waals surface area contributed by atoms with Crippen molar-refractivity contribution in [3.05, 3.63) is 99.3 Å². The van der Waals surface area contributed by atoms with Crippen LogP contribution in [0.1, 0.15) is 34.1 Å². The van der Waals surface area contributed by atoms with Gasteiger partial charge in [-0.15, -0.1) is 0 Å². The van der Waals surface area contributed by atoms with Gasteiger partial charge in [0, 0.05) is 48.6 Å². The number of hydrogen-bond donors (Lipinski definition) is 2. The number of carbonyl (C=O) groups is 3. The molecule has 0 saturated heterocycles. The number of aromatic nitrogens is 2. The molecular weight excluding hydrogens is 617 g/mol. The summed E-state index contributed by atoms with van der Waals surface area (Å²) in [5.74, 6) is -0.538. The molecule has 1 heterocycles. The fraction of sp³-hybridized carbons (Fsp3) is 0.242. The van der Waals surface area contributed by atoms with Gasteiger partial charge in [0.05, 0.1) is 35.1 Å². The van der Waals surface area contributed by atoms with Gasteiger partial charge in [-0.05, 0) is 61.9 Å². The van der Waals surface area contributed by atoms with Crippen LogP contribution in [-0.4, -0.2) is 61.0 Å². The number of fused-ring (bicyclic) bond motifs is 1. The van der Waals surface area contributed by atoms with E-state index in [4.69, 9.17) is 32.7 Å². The number of para-hydroxylation sites is 1. The minimum absolute atomic E-state index is 0.0311. The number of likely N-dealkylation sites (N-methyl/N-ethyl adjacent to an activating group) is 1. The summed E-state index contributed by atoms with van der Waals surface area (Å²) in [4.78, 5) is 47.8. The Labute approximate surface area is 271 Å². The average Bonchev–Trinajstić information content (AvgIpc) is 3.04. The standard InChI is InChI=1S/C33H33Cl2N5O5/c1-4-44-17-16-36-33(43)23-11-8-22(9-12-23)10-15-29(41)38-19-30(42)40(3)27-14-13-25(34)24(31(27)35)20-45-28-7-5-6-26-32(28)39-21(2)18-37-26/h5-15,18H,4,16-17,19-20H2,1-3H3,(H,36,43)(H,38,41)/b15-10+. The van der Waals surface area contributed by atoms with Crippen molar-refractivity contribution in [3.63, 3.8) is 0 Å². The molecule has 0 fully saturated rings. The van der Waals surface area contributed by atoms with E-state index < -0.39 is 11.8 Å². The van der Waals surface area contributed by atoms with Crippen LogP contribution >= 0.6 is 23.2 Å². The Kier molecular flexibility index (Phi) is 11.9. The Morgan fingerprint density at radius 1 is 1.02 bits per heavy atom. The van der Waals surface area contributed by atoms with E-state index in [0.29, 0.717) is 63.9 Å². The van der Waals surface area contributed by atoms with Gasteiger partial charge in [0.15, 0.2) is 0 Å². The normalized spacial score (nSPS) is 11.0. The number of halogens is 2. The highest BCUT2D eigenvalue weighted by Gasteiger charge is 2.19. The van der Waals surface area contributed by atoms with E-state index in [-0.39, 0.29) is 24.1 Å². The largest absolute Gasteiger partial charge is 0.486 e. The topological polar surface area (TPSA) is 123 Å². The van der Waals surface area contributed by atoms with Gasteiger partial charge in [0.2, 0.25) is 11.8 Å². The van der Waals surface area contributed by atoms with E-state index in [1.54, 1.807) is 61.8 Å². The molecule has 0 aliphatic carbocycles. The van der Waals surface area contributed by atoms with Crippen molar-refractivity contribution >= 4 is 63.7 Å². The van der Waals surface area contributed by atoms with Crippen molar-refractivity contribution < 1.29 is 23.9 Å². The van der Waals surface area contributed by atoms with Crippen LogP contribution in [0, 0.1) is 6.92 Å². The molecule has 2 N–H and O–H groups in total. The van der Waals surface area contributed by atoms with Crippen molar-refractivity contribution in [2.45, 2.75) is 20.5 Å². The molecule has 45 heavy (non-hydrogen) atoms. The maximum Gasteiger partial charge on any atom is 0.251 e. The predicted octanol–water partition coefficient (Wildman–Crippen LogP) is 5.38. The highest BCUT2D eigenvalue weighted by molar-refractivity contribution is 6.38. The molecule has 0 atom stereocenters.